The lowest BCUT2D eigenvalue weighted by atomic mass is 9.97. The zero-order valence-electron chi connectivity index (χ0n) is 9.18. The number of rotatable bonds is 2. The number of aromatic hydroxyl groups is 1. The molecule has 3 N–H and O–H groups in total. The van der Waals surface area contributed by atoms with Gasteiger partial charge in [0.25, 0.3) is 0 Å². The van der Waals surface area contributed by atoms with E-state index >= 15 is 0 Å². The minimum absolute atomic E-state index is 0. The van der Waals surface area contributed by atoms with Gasteiger partial charge in [0.05, 0.1) is 0 Å². The van der Waals surface area contributed by atoms with Gasteiger partial charge in [-0.2, -0.15) is 0 Å². The summed E-state index contributed by atoms with van der Waals surface area (Å²) < 4.78 is 0. The first kappa shape index (κ1) is 12.8. The summed E-state index contributed by atoms with van der Waals surface area (Å²) in [6.07, 6.45) is 0.898. The number of phenols is 1. The van der Waals surface area contributed by atoms with Crippen molar-refractivity contribution in [3.63, 3.8) is 0 Å². The third kappa shape index (κ3) is 2.13. The first-order valence-electron chi connectivity index (χ1n) is 5.20. The van der Waals surface area contributed by atoms with Gasteiger partial charge in [0.1, 0.15) is 5.75 Å². The van der Waals surface area contributed by atoms with Gasteiger partial charge in [-0.05, 0) is 23.4 Å². The molecule has 0 aromatic heterocycles. The molecule has 0 aliphatic heterocycles. The van der Waals surface area contributed by atoms with Crippen LogP contribution in [-0.4, -0.2) is 5.11 Å². The highest BCUT2D eigenvalue weighted by Crippen LogP contribution is 2.30. The van der Waals surface area contributed by atoms with Crippen molar-refractivity contribution in [3.8, 4) is 5.75 Å². The Morgan fingerprint density at radius 2 is 1.75 bits per heavy atom. The Hall–Kier alpha value is -1.25. The molecule has 0 unspecified atom stereocenters. The first-order chi connectivity index (χ1) is 7.24. The number of hydrogen-bond acceptors (Lipinski definition) is 2. The average molecular weight is 238 g/mol. The summed E-state index contributed by atoms with van der Waals surface area (Å²) in [6, 6.07) is 11.5. The van der Waals surface area contributed by atoms with Crippen molar-refractivity contribution < 1.29 is 5.11 Å². The lowest BCUT2D eigenvalue weighted by molar-refractivity contribution is 0.481. The van der Waals surface area contributed by atoms with Gasteiger partial charge >= 0.3 is 0 Å². The van der Waals surface area contributed by atoms with E-state index in [2.05, 4.69) is 6.92 Å². The quantitative estimate of drug-likeness (QED) is 0.841. The number of benzene rings is 2. The van der Waals surface area contributed by atoms with Gasteiger partial charge in [0, 0.05) is 11.4 Å². The van der Waals surface area contributed by atoms with Crippen molar-refractivity contribution in [3.05, 3.63) is 42.0 Å². The minimum atomic E-state index is 0. The first-order valence-corrected chi connectivity index (χ1v) is 5.20. The van der Waals surface area contributed by atoms with E-state index in [0.717, 1.165) is 22.8 Å². The van der Waals surface area contributed by atoms with Crippen molar-refractivity contribution in [2.45, 2.75) is 19.4 Å². The molecule has 0 bridgehead atoms. The van der Waals surface area contributed by atoms with Crippen molar-refractivity contribution in [1.29, 1.82) is 0 Å². The molecule has 2 nitrogen and oxygen atoms in total. The monoisotopic (exact) mass is 237 g/mol. The Kier molecular flexibility index (Phi) is 4.16. The molecular weight excluding hydrogens is 222 g/mol. The number of halogens is 1. The van der Waals surface area contributed by atoms with E-state index < -0.39 is 0 Å². The van der Waals surface area contributed by atoms with Crippen LogP contribution in [0.15, 0.2) is 36.4 Å². The normalized spacial score (nSPS) is 12.1. The standard InChI is InChI=1S/C13H15NO.ClH/c1-2-12(14)10-7-8-13(15)11-6-4-3-5-9(10)11;/h3-8,12,15H,2,14H2,1H3;1H/t12-;/m0./s1. The summed E-state index contributed by atoms with van der Waals surface area (Å²) in [5, 5.41) is 11.6. The Morgan fingerprint density at radius 1 is 1.12 bits per heavy atom. The van der Waals surface area contributed by atoms with Crippen LogP contribution in [0.1, 0.15) is 24.9 Å². The van der Waals surface area contributed by atoms with Crippen LogP contribution in [0.3, 0.4) is 0 Å². The molecule has 0 heterocycles. The summed E-state index contributed by atoms with van der Waals surface area (Å²) in [6.45, 7) is 2.06. The van der Waals surface area contributed by atoms with E-state index in [1.807, 2.05) is 30.3 Å². The summed E-state index contributed by atoms with van der Waals surface area (Å²) >= 11 is 0. The molecule has 1 atom stereocenters. The SMILES string of the molecule is CC[C@H](N)c1ccc(O)c2ccccc12.Cl. The number of phenolic OH excluding ortho intramolecular Hbond substituents is 1. The third-order valence-corrected chi connectivity index (χ3v) is 2.77. The molecule has 0 aliphatic carbocycles. The van der Waals surface area contributed by atoms with E-state index in [9.17, 15) is 5.11 Å². The summed E-state index contributed by atoms with van der Waals surface area (Å²) in [5.41, 5.74) is 7.13. The molecule has 2 aromatic rings. The van der Waals surface area contributed by atoms with Crippen LogP contribution in [0.4, 0.5) is 0 Å². The maximum Gasteiger partial charge on any atom is 0.123 e. The van der Waals surface area contributed by atoms with Crippen molar-refractivity contribution in [2.75, 3.05) is 0 Å². The van der Waals surface area contributed by atoms with Gasteiger partial charge in [-0.1, -0.05) is 37.3 Å². The van der Waals surface area contributed by atoms with Gasteiger partial charge in [-0.3, -0.25) is 0 Å². The Bertz CT molecular complexity index is 484. The van der Waals surface area contributed by atoms with E-state index in [-0.39, 0.29) is 18.4 Å². The van der Waals surface area contributed by atoms with Crippen LogP contribution >= 0.6 is 12.4 Å². The average Bonchev–Trinajstić information content (AvgIpc) is 2.29. The zero-order chi connectivity index (χ0) is 10.8. The highest BCUT2D eigenvalue weighted by molar-refractivity contribution is 5.91. The fourth-order valence-corrected chi connectivity index (χ4v) is 1.85. The number of hydrogen-bond donors (Lipinski definition) is 2. The van der Waals surface area contributed by atoms with Crippen LogP contribution in [0.25, 0.3) is 10.8 Å². The third-order valence-electron chi connectivity index (χ3n) is 2.77. The highest BCUT2D eigenvalue weighted by atomic mass is 35.5. The second-order valence-corrected chi connectivity index (χ2v) is 3.73. The summed E-state index contributed by atoms with van der Waals surface area (Å²) in [4.78, 5) is 0. The fraction of sp³-hybridized carbons (Fsp3) is 0.231. The topological polar surface area (TPSA) is 46.2 Å². The largest absolute Gasteiger partial charge is 0.507 e. The van der Waals surface area contributed by atoms with Gasteiger partial charge < -0.3 is 10.8 Å². The molecule has 0 fully saturated rings. The highest BCUT2D eigenvalue weighted by Gasteiger charge is 2.09. The number of fused-ring (bicyclic) bond motifs is 1. The van der Waals surface area contributed by atoms with Crippen LogP contribution in [-0.2, 0) is 0 Å². The summed E-state index contributed by atoms with van der Waals surface area (Å²) in [5.74, 6) is 0.317. The maximum absolute atomic E-state index is 9.71. The predicted molar refractivity (Wildman–Crippen MR) is 70.1 cm³/mol. The fourth-order valence-electron chi connectivity index (χ4n) is 1.85. The predicted octanol–water partition coefficient (Wildman–Crippen LogP) is 3.38. The van der Waals surface area contributed by atoms with Crippen LogP contribution < -0.4 is 5.73 Å². The Morgan fingerprint density at radius 3 is 2.38 bits per heavy atom. The maximum atomic E-state index is 9.71. The van der Waals surface area contributed by atoms with Crippen LogP contribution in [0.2, 0.25) is 0 Å². The smallest absolute Gasteiger partial charge is 0.123 e. The zero-order valence-corrected chi connectivity index (χ0v) is 10.00. The Balaban J connectivity index is 0.00000128. The van der Waals surface area contributed by atoms with Gasteiger partial charge in [0.2, 0.25) is 0 Å². The van der Waals surface area contributed by atoms with Gasteiger partial charge in [-0.15, -0.1) is 12.4 Å². The molecule has 3 heteroatoms. The van der Waals surface area contributed by atoms with Crippen LogP contribution in [0.5, 0.6) is 5.75 Å². The molecule has 16 heavy (non-hydrogen) atoms. The Labute approximate surface area is 101 Å². The summed E-state index contributed by atoms with van der Waals surface area (Å²) in [7, 11) is 0. The van der Waals surface area contributed by atoms with E-state index in [1.165, 1.54) is 0 Å². The molecule has 0 saturated heterocycles. The molecule has 0 spiro atoms. The van der Waals surface area contributed by atoms with Crippen LogP contribution in [0, 0.1) is 0 Å². The van der Waals surface area contributed by atoms with Gasteiger partial charge in [0.15, 0.2) is 0 Å². The van der Waals surface area contributed by atoms with E-state index in [4.69, 9.17) is 5.73 Å². The molecular formula is C13H16ClNO. The molecule has 86 valence electrons. The molecule has 0 amide bonds. The minimum Gasteiger partial charge on any atom is -0.507 e. The van der Waals surface area contributed by atoms with Crippen molar-refractivity contribution in [1.82, 2.24) is 0 Å². The molecule has 2 rings (SSSR count). The van der Waals surface area contributed by atoms with E-state index in [1.54, 1.807) is 6.07 Å². The lowest BCUT2D eigenvalue weighted by Crippen LogP contribution is -2.08. The second kappa shape index (κ2) is 5.19. The second-order valence-electron chi connectivity index (χ2n) is 3.73. The molecule has 0 aliphatic rings. The molecule has 0 saturated carbocycles. The van der Waals surface area contributed by atoms with Crippen molar-refractivity contribution >= 4 is 23.2 Å². The van der Waals surface area contributed by atoms with Crippen molar-refractivity contribution in [2.24, 2.45) is 5.73 Å². The number of nitrogens with two attached hydrogens (primary N) is 1. The van der Waals surface area contributed by atoms with E-state index in [0.29, 0.717) is 5.75 Å². The molecule has 2 aromatic carbocycles. The van der Waals surface area contributed by atoms with Gasteiger partial charge in [-0.25, -0.2) is 0 Å². The molecule has 0 radical (unpaired) electrons. The lowest BCUT2D eigenvalue weighted by Gasteiger charge is -2.13.